The Morgan fingerprint density at radius 1 is 1.24 bits per heavy atom. The minimum Gasteiger partial charge on any atom is -0.483 e. The Labute approximate surface area is 178 Å². The van der Waals surface area contributed by atoms with Gasteiger partial charge in [-0.15, -0.1) is 0 Å². The number of ether oxygens (including phenoxy) is 1. The fraction of sp³-hybridized carbons (Fsp3) is 0.0526. The van der Waals surface area contributed by atoms with Crippen LogP contribution in [0.3, 0.4) is 0 Å². The molecule has 0 atom stereocenters. The number of benzene rings is 2. The van der Waals surface area contributed by atoms with Crippen LogP contribution in [0.1, 0.15) is 5.76 Å². The molecule has 0 aliphatic carbocycles. The first-order valence-electron chi connectivity index (χ1n) is 8.17. The summed E-state index contributed by atoms with van der Waals surface area (Å²) in [4.78, 5) is 22.0. The lowest BCUT2D eigenvalue weighted by molar-refractivity contribution is -0.384. The third-order valence-electron chi connectivity index (χ3n) is 3.62. The van der Waals surface area contributed by atoms with E-state index in [0.717, 1.165) is 5.56 Å². The normalized spacial score (nSPS) is 10.8. The first kappa shape index (κ1) is 20.6. The molecule has 0 radical (unpaired) electrons. The number of hydrogen-bond donors (Lipinski definition) is 1. The number of furan rings is 1. The molecule has 3 aromatic rings. The average Bonchev–Trinajstić information content (AvgIpc) is 3.16. The summed E-state index contributed by atoms with van der Waals surface area (Å²) in [6, 6.07) is 14.7. The van der Waals surface area contributed by atoms with E-state index in [2.05, 4.69) is 26.5 Å². The van der Waals surface area contributed by atoms with Gasteiger partial charge in [0.05, 0.1) is 15.6 Å². The number of halogens is 2. The quantitative estimate of drug-likeness (QED) is 0.298. The van der Waals surface area contributed by atoms with E-state index in [4.69, 9.17) is 20.8 Å². The van der Waals surface area contributed by atoms with Crippen molar-refractivity contribution in [2.45, 2.75) is 0 Å². The number of non-ortho nitro benzene ring substituents is 1. The molecule has 29 heavy (non-hydrogen) atoms. The van der Waals surface area contributed by atoms with E-state index in [1.54, 1.807) is 24.3 Å². The summed E-state index contributed by atoms with van der Waals surface area (Å²) in [5, 5.41) is 15.2. The molecule has 8 nitrogen and oxygen atoms in total. The van der Waals surface area contributed by atoms with Crippen molar-refractivity contribution < 1.29 is 18.9 Å². The first-order chi connectivity index (χ1) is 13.9. The fourth-order valence-corrected chi connectivity index (χ4v) is 2.86. The predicted octanol–water partition coefficient (Wildman–Crippen LogP) is 4.80. The fourth-order valence-electron chi connectivity index (χ4n) is 2.26. The van der Waals surface area contributed by atoms with Crippen molar-refractivity contribution in [3.05, 3.63) is 80.0 Å². The van der Waals surface area contributed by atoms with Crippen LogP contribution >= 0.6 is 27.5 Å². The molecule has 2 aromatic carbocycles. The van der Waals surface area contributed by atoms with E-state index in [9.17, 15) is 14.9 Å². The van der Waals surface area contributed by atoms with Gasteiger partial charge in [0.15, 0.2) is 6.61 Å². The van der Waals surface area contributed by atoms with Crippen molar-refractivity contribution >= 4 is 45.3 Å². The summed E-state index contributed by atoms with van der Waals surface area (Å²) in [6.45, 7) is -0.318. The monoisotopic (exact) mass is 477 g/mol. The van der Waals surface area contributed by atoms with Crippen molar-refractivity contribution in [1.82, 2.24) is 5.43 Å². The maximum absolute atomic E-state index is 11.8. The third kappa shape index (κ3) is 5.66. The molecule has 0 saturated carbocycles. The molecule has 0 spiro atoms. The lowest BCUT2D eigenvalue weighted by Gasteiger charge is -2.06. The highest BCUT2D eigenvalue weighted by Crippen LogP contribution is 2.29. The zero-order valence-corrected chi connectivity index (χ0v) is 17.0. The molecule has 1 aromatic heterocycles. The lowest BCUT2D eigenvalue weighted by atomic mass is 10.2. The SMILES string of the molecule is O=C(COc1ccc([N+](=O)[O-])cc1Br)N/N=C\c1ccc(-c2ccc(Cl)cc2)o1. The molecule has 1 heterocycles. The molecule has 0 saturated heterocycles. The summed E-state index contributed by atoms with van der Waals surface area (Å²) in [5.41, 5.74) is 3.08. The molecule has 148 valence electrons. The van der Waals surface area contributed by atoms with Crippen LogP contribution in [0.5, 0.6) is 5.75 Å². The summed E-state index contributed by atoms with van der Waals surface area (Å²) in [6.07, 6.45) is 1.36. The van der Waals surface area contributed by atoms with Crippen molar-refractivity contribution in [3.63, 3.8) is 0 Å². The Kier molecular flexibility index (Phi) is 6.63. The minimum atomic E-state index is -0.525. The molecule has 1 amide bonds. The number of nitrogens with zero attached hydrogens (tertiary/aromatic N) is 2. The summed E-state index contributed by atoms with van der Waals surface area (Å²) < 4.78 is 11.3. The second kappa shape index (κ2) is 9.35. The lowest BCUT2D eigenvalue weighted by Crippen LogP contribution is -2.24. The Bertz CT molecular complexity index is 1070. The average molecular weight is 479 g/mol. The Balaban J connectivity index is 1.51. The van der Waals surface area contributed by atoms with Crippen molar-refractivity contribution in [2.75, 3.05) is 6.61 Å². The molecule has 0 aliphatic rings. The zero-order valence-electron chi connectivity index (χ0n) is 14.7. The van der Waals surface area contributed by atoms with Gasteiger partial charge in [0, 0.05) is 22.7 Å². The smallest absolute Gasteiger partial charge is 0.277 e. The van der Waals surface area contributed by atoms with Crippen molar-refractivity contribution in [2.24, 2.45) is 5.10 Å². The topological polar surface area (TPSA) is 107 Å². The minimum absolute atomic E-state index is 0.0882. The number of carbonyl (C=O) groups excluding carboxylic acids is 1. The van der Waals surface area contributed by atoms with Crippen LogP contribution < -0.4 is 10.2 Å². The summed E-state index contributed by atoms with van der Waals surface area (Å²) >= 11 is 9.03. The van der Waals surface area contributed by atoms with Crippen LogP contribution in [0.4, 0.5) is 5.69 Å². The molecule has 10 heteroatoms. The van der Waals surface area contributed by atoms with Crippen molar-refractivity contribution in [1.29, 1.82) is 0 Å². The zero-order chi connectivity index (χ0) is 20.8. The van der Waals surface area contributed by atoms with E-state index in [0.29, 0.717) is 26.8 Å². The molecule has 1 N–H and O–H groups in total. The molecular formula is C19H13BrClN3O5. The van der Waals surface area contributed by atoms with E-state index in [1.807, 2.05) is 12.1 Å². The van der Waals surface area contributed by atoms with Gasteiger partial charge in [-0.1, -0.05) is 11.6 Å². The molecule has 0 fully saturated rings. The molecule has 3 rings (SSSR count). The number of nitro groups is 1. The van der Waals surface area contributed by atoms with Gasteiger partial charge in [0.1, 0.15) is 17.3 Å². The number of nitro benzene ring substituents is 1. The Hall–Kier alpha value is -3.17. The van der Waals surface area contributed by atoms with Gasteiger partial charge in [-0.05, 0) is 58.4 Å². The maximum atomic E-state index is 11.8. The third-order valence-corrected chi connectivity index (χ3v) is 4.49. The predicted molar refractivity (Wildman–Crippen MR) is 111 cm³/mol. The largest absolute Gasteiger partial charge is 0.483 e. The van der Waals surface area contributed by atoms with Crippen LogP contribution in [0.15, 0.2) is 68.6 Å². The second-order valence-electron chi connectivity index (χ2n) is 5.66. The summed E-state index contributed by atoms with van der Waals surface area (Å²) in [7, 11) is 0. The summed E-state index contributed by atoms with van der Waals surface area (Å²) in [5.74, 6) is 0.888. The van der Waals surface area contributed by atoms with Gasteiger partial charge >= 0.3 is 0 Å². The van der Waals surface area contributed by atoms with Crippen LogP contribution in [0.2, 0.25) is 5.02 Å². The van der Waals surface area contributed by atoms with Gasteiger partial charge in [0.25, 0.3) is 11.6 Å². The highest BCUT2D eigenvalue weighted by molar-refractivity contribution is 9.10. The number of nitrogens with one attached hydrogen (secondary N) is 1. The Morgan fingerprint density at radius 2 is 2.00 bits per heavy atom. The van der Waals surface area contributed by atoms with E-state index >= 15 is 0 Å². The van der Waals surface area contributed by atoms with Gasteiger partial charge < -0.3 is 9.15 Å². The molecular weight excluding hydrogens is 466 g/mol. The van der Waals surface area contributed by atoms with Gasteiger partial charge in [-0.2, -0.15) is 5.10 Å². The van der Waals surface area contributed by atoms with Gasteiger partial charge in [-0.3, -0.25) is 14.9 Å². The standard InChI is InChI=1S/C19H13BrClN3O5/c20-16-9-14(24(26)27)5-7-18(16)28-11-19(25)23-22-10-15-6-8-17(29-15)12-1-3-13(21)4-2-12/h1-10H,11H2,(H,23,25)/b22-10-. The van der Waals surface area contributed by atoms with Crippen molar-refractivity contribution in [3.8, 4) is 17.1 Å². The van der Waals surface area contributed by atoms with Gasteiger partial charge in [-0.25, -0.2) is 5.43 Å². The van der Waals surface area contributed by atoms with E-state index < -0.39 is 10.8 Å². The number of rotatable bonds is 7. The van der Waals surface area contributed by atoms with E-state index in [-0.39, 0.29) is 12.3 Å². The van der Waals surface area contributed by atoms with Crippen LogP contribution in [-0.2, 0) is 4.79 Å². The van der Waals surface area contributed by atoms with Crippen LogP contribution in [0, 0.1) is 10.1 Å². The highest BCUT2D eigenvalue weighted by atomic mass is 79.9. The molecule has 0 bridgehead atoms. The van der Waals surface area contributed by atoms with Gasteiger partial charge in [0.2, 0.25) is 0 Å². The molecule has 0 unspecified atom stereocenters. The number of hydrogen-bond acceptors (Lipinski definition) is 6. The molecule has 0 aliphatic heterocycles. The number of hydrazone groups is 1. The van der Waals surface area contributed by atoms with Crippen LogP contribution in [-0.4, -0.2) is 23.7 Å². The van der Waals surface area contributed by atoms with E-state index in [1.165, 1.54) is 24.4 Å². The number of amides is 1. The maximum Gasteiger partial charge on any atom is 0.277 e. The highest BCUT2D eigenvalue weighted by Gasteiger charge is 2.11. The first-order valence-corrected chi connectivity index (χ1v) is 9.34. The second-order valence-corrected chi connectivity index (χ2v) is 6.95. The Morgan fingerprint density at radius 3 is 2.69 bits per heavy atom. The number of carbonyl (C=O) groups is 1. The van der Waals surface area contributed by atoms with Crippen LogP contribution in [0.25, 0.3) is 11.3 Å².